The van der Waals surface area contributed by atoms with Crippen molar-refractivity contribution in [2.24, 2.45) is 0 Å². The van der Waals surface area contributed by atoms with Crippen LogP contribution in [0.4, 0.5) is 0 Å². The van der Waals surface area contributed by atoms with E-state index in [0.29, 0.717) is 18.5 Å². The van der Waals surface area contributed by atoms with Gasteiger partial charge in [0.25, 0.3) is 0 Å². The maximum atomic E-state index is 11.3. The number of pyridine rings is 1. The molecule has 19 heavy (non-hydrogen) atoms. The molecule has 104 valence electrons. The zero-order chi connectivity index (χ0) is 13.9. The average molecular weight is 284 g/mol. The lowest BCUT2D eigenvalue weighted by molar-refractivity contribution is 0.0600. The minimum atomic E-state index is -2.87. The number of methoxy groups -OCH3 is 1. The van der Waals surface area contributed by atoms with Gasteiger partial charge in [0, 0.05) is 18.8 Å². The van der Waals surface area contributed by atoms with Gasteiger partial charge in [0.05, 0.1) is 29.9 Å². The highest BCUT2D eigenvalue weighted by Crippen LogP contribution is 2.12. The summed E-state index contributed by atoms with van der Waals surface area (Å²) in [5, 5.41) is 3.16. The molecule has 1 aliphatic heterocycles. The van der Waals surface area contributed by atoms with Crippen LogP contribution in [-0.2, 0) is 21.1 Å². The fourth-order valence-corrected chi connectivity index (χ4v) is 3.68. The quantitative estimate of drug-likeness (QED) is 0.792. The molecule has 2 rings (SSSR count). The van der Waals surface area contributed by atoms with E-state index in [2.05, 4.69) is 15.0 Å². The van der Waals surface area contributed by atoms with E-state index < -0.39 is 15.8 Å². The first-order valence-corrected chi connectivity index (χ1v) is 7.79. The molecule has 1 aliphatic rings. The highest BCUT2D eigenvalue weighted by atomic mass is 32.2. The summed E-state index contributed by atoms with van der Waals surface area (Å²) >= 11 is 0. The summed E-state index contributed by atoms with van der Waals surface area (Å²) in [7, 11) is -1.55. The Morgan fingerprint density at radius 3 is 2.84 bits per heavy atom. The van der Waals surface area contributed by atoms with Crippen molar-refractivity contribution >= 4 is 15.8 Å². The molecular formula is C12H16N2O4S. The molecule has 6 nitrogen and oxygen atoms in total. The molecule has 0 aromatic carbocycles. The zero-order valence-electron chi connectivity index (χ0n) is 10.6. The first-order valence-electron chi connectivity index (χ1n) is 5.97. The Morgan fingerprint density at radius 2 is 2.32 bits per heavy atom. The van der Waals surface area contributed by atoms with E-state index in [9.17, 15) is 13.2 Å². The SMILES string of the molecule is COC(=O)c1ccc(CNC2CCS(=O)(=O)C2)nc1. The molecule has 0 saturated carbocycles. The van der Waals surface area contributed by atoms with Crippen molar-refractivity contribution < 1.29 is 17.9 Å². The molecule has 0 aliphatic carbocycles. The number of hydrogen-bond donors (Lipinski definition) is 1. The Hall–Kier alpha value is -1.47. The molecule has 0 amide bonds. The lowest BCUT2D eigenvalue weighted by Crippen LogP contribution is -2.29. The maximum Gasteiger partial charge on any atom is 0.339 e. The van der Waals surface area contributed by atoms with Crippen LogP contribution in [0.3, 0.4) is 0 Å². The third kappa shape index (κ3) is 3.74. The molecule has 7 heteroatoms. The zero-order valence-corrected chi connectivity index (χ0v) is 11.4. The standard InChI is InChI=1S/C12H16N2O4S/c1-18-12(15)9-2-3-10(13-6-9)7-14-11-4-5-19(16,17)8-11/h2-3,6,11,14H,4-5,7-8H2,1H3. The molecule has 1 unspecified atom stereocenters. The third-order valence-electron chi connectivity index (χ3n) is 3.05. The van der Waals surface area contributed by atoms with Gasteiger partial charge in [0.15, 0.2) is 9.84 Å². The van der Waals surface area contributed by atoms with Gasteiger partial charge >= 0.3 is 5.97 Å². The summed E-state index contributed by atoms with van der Waals surface area (Å²) in [4.78, 5) is 15.4. The van der Waals surface area contributed by atoms with Crippen molar-refractivity contribution in [2.75, 3.05) is 18.6 Å². The number of carbonyl (C=O) groups is 1. The van der Waals surface area contributed by atoms with Gasteiger partial charge in [-0.1, -0.05) is 0 Å². The first-order chi connectivity index (χ1) is 9.00. The van der Waals surface area contributed by atoms with Crippen molar-refractivity contribution in [3.8, 4) is 0 Å². The normalized spacial score (nSPS) is 21.2. The maximum absolute atomic E-state index is 11.3. The fourth-order valence-electron chi connectivity index (χ4n) is 1.97. The minimum absolute atomic E-state index is 0.00733. The number of nitrogens with zero attached hydrogens (tertiary/aromatic N) is 1. The molecule has 1 saturated heterocycles. The monoisotopic (exact) mass is 284 g/mol. The Kier molecular flexibility index (Phi) is 4.16. The van der Waals surface area contributed by atoms with E-state index in [1.165, 1.54) is 13.3 Å². The van der Waals surface area contributed by atoms with E-state index in [0.717, 1.165) is 5.69 Å². The van der Waals surface area contributed by atoms with Gasteiger partial charge in [0.1, 0.15) is 0 Å². The lowest BCUT2D eigenvalue weighted by Gasteiger charge is -2.10. The van der Waals surface area contributed by atoms with E-state index >= 15 is 0 Å². The van der Waals surface area contributed by atoms with Crippen LogP contribution in [0.2, 0.25) is 0 Å². The number of aromatic nitrogens is 1. The van der Waals surface area contributed by atoms with Crippen molar-refractivity contribution in [3.63, 3.8) is 0 Å². The molecule has 1 aromatic heterocycles. The van der Waals surface area contributed by atoms with Gasteiger partial charge in [0.2, 0.25) is 0 Å². The Labute approximate surface area is 112 Å². The molecule has 1 aromatic rings. The Balaban J connectivity index is 1.89. The van der Waals surface area contributed by atoms with Crippen molar-refractivity contribution in [1.29, 1.82) is 0 Å². The predicted molar refractivity (Wildman–Crippen MR) is 69.5 cm³/mol. The van der Waals surface area contributed by atoms with Crippen LogP contribution in [-0.4, -0.2) is 44.0 Å². The molecule has 1 atom stereocenters. The number of carbonyl (C=O) groups excluding carboxylic acids is 1. The molecule has 1 N–H and O–H groups in total. The largest absolute Gasteiger partial charge is 0.465 e. The second-order valence-corrected chi connectivity index (χ2v) is 6.74. The van der Waals surface area contributed by atoms with Crippen LogP contribution < -0.4 is 5.32 Å². The van der Waals surface area contributed by atoms with Gasteiger partial charge in [-0.3, -0.25) is 4.98 Å². The second kappa shape index (κ2) is 5.66. The van der Waals surface area contributed by atoms with Crippen LogP contribution in [0.25, 0.3) is 0 Å². The highest BCUT2D eigenvalue weighted by Gasteiger charge is 2.27. The number of sulfone groups is 1. The summed E-state index contributed by atoms with van der Waals surface area (Å²) in [6, 6.07) is 3.36. The molecule has 0 radical (unpaired) electrons. The van der Waals surface area contributed by atoms with E-state index in [1.54, 1.807) is 12.1 Å². The number of hydrogen-bond acceptors (Lipinski definition) is 6. The molecule has 1 fully saturated rings. The van der Waals surface area contributed by atoms with Gasteiger partial charge in [-0.2, -0.15) is 0 Å². The number of nitrogens with one attached hydrogen (secondary N) is 1. The van der Waals surface area contributed by atoms with E-state index in [1.807, 2.05) is 0 Å². The van der Waals surface area contributed by atoms with Gasteiger partial charge in [-0.05, 0) is 18.6 Å². The Bertz CT molecular complexity index is 554. The second-order valence-electron chi connectivity index (χ2n) is 4.51. The average Bonchev–Trinajstić information content (AvgIpc) is 2.76. The summed E-state index contributed by atoms with van der Waals surface area (Å²) in [5.41, 5.74) is 1.16. The summed E-state index contributed by atoms with van der Waals surface area (Å²) in [5.74, 6) is 0.0148. The Morgan fingerprint density at radius 1 is 1.53 bits per heavy atom. The number of ether oxygens (including phenoxy) is 1. The van der Waals surface area contributed by atoms with Gasteiger partial charge in [-0.25, -0.2) is 13.2 Å². The van der Waals surface area contributed by atoms with Crippen LogP contribution in [0.5, 0.6) is 0 Å². The number of rotatable bonds is 4. The van der Waals surface area contributed by atoms with Crippen molar-refractivity contribution in [2.45, 2.75) is 19.0 Å². The topological polar surface area (TPSA) is 85.4 Å². The minimum Gasteiger partial charge on any atom is -0.465 e. The molecule has 0 spiro atoms. The first kappa shape index (κ1) is 14.0. The predicted octanol–water partition coefficient (Wildman–Crippen LogP) is 0.145. The van der Waals surface area contributed by atoms with E-state index in [-0.39, 0.29) is 17.5 Å². The number of esters is 1. The molecule has 2 heterocycles. The molecular weight excluding hydrogens is 268 g/mol. The van der Waals surface area contributed by atoms with Crippen molar-refractivity contribution in [3.05, 3.63) is 29.6 Å². The van der Waals surface area contributed by atoms with Gasteiger partial charge in [-0.15, -0.1) is 0 Å². The van der Waals surface area contributed by atoms with Crippen LogP contribution in [0.1, 0.15) is 22.5 Å². The summed E-state index contributed by atoms with van der Waals surface area (Å²) in [6.07, 6.45) is 2.09. The summed E-state index contributed by atoms with van der Waals surface area (Å²) in [6.45, 7) is 0.488. The van der Waals surface area contributed by atoms with Crippen LogP contribution in [0.15, 0.2) is 18.3 Å². The summed E-state index contributed by atoms with van der Waals surface area (Å²) < 4.78 is 27.2. The lowest BCUT2D eigenvalue weighted by atomic mass is 10.2. The third-order valence-corrected chi connectivity index (χ3v) is 4.82. The van der Waals surface area contributed by atoms with Gasteiger partial charge < -0.3 is 10.1 Å². The molecule has 0 bridgehead atoms. The smallest absolute Gasteiger partial charge is 0.339 e. The van der Waals surface area contributed by atoms with Crippen LogP contribution in [0, 0.1) is 0 Å². The fraction of sp³-hybridized carbons (Fsp3) is 0.500. The van der Waals surface area contributed by atoms with E-state index in [4.69, 9.17) is 0 Å². The van der Waals surface area contributed by atoms with Crippen molar-refractivity contribution in [1.82, 2.24) is 10.3 Å². The van der Waals surface area contributed by atoms with Crippen LogP contribution >= 0.6 is 0 Å². The highest BCUT2D eigenvalue weighted by molar-refractivity contribution is 7.91.